The second kappa shape index (κ2) is 6.32. The summed E-state index contributed by atoms with van der Waals surface area (Å²) in [6, 6.07) is 5.98. The summed E-state index contributed by atoms with van der Waals surface area (Å²) in [7, 11) is 0. The van der Waals surface area contributed by atoms with Crippen LogP contribution < -0.4 is 9.64 Å². The van der Waals surface area contributed by atoms with Crippen LogP contribution in [0.25, 0.3) is 11.3 Å². The van der Waals surface area contributed by atoms with Crippen LogP contribution in [0.1, 0.15) is 32.2 Å². The lowest BCUT2D eigenvalue weighted by Crippen LogP contribution is -2.45. The summed E-state index contributed by atoms with van der Waals surface area (Å²) in [6.45, 7) is 8.87. The first-order valence-electron chi connectivity index (χ1n) is 8.00. The molecule has 1 atom stereocenters. The lowest BCUT2D eigenvalue weighted by atomic mass is 10.1. The Balaban J connectivity index is 1.98. The van der Waals surface area contributed by atoms with Crippen LogP contribution in [0.2, 0.25) is 0 Å². The van der Waals surface area contributed by atoms with Gasteiger partial charge in [0.15, 0.2) is 6.10 Å². The number of aryl methyl sites for hydroxylation is 1. The topological polar surface area (TPSA) is 42.4 Å². The number of anilines is 1. The average molecular weight is 330 g/mol. The average Bonchev–Trinajstić information content (AvgIpc) is 2.94. The molecule has 0 aliphatic carbocycles. The molecule has 0 saturated heterocycles. The van der Waals surface area contributed by atoms with Gasteiger partial charge >= 0.3 is 0 Å². The number of thiazole rings is 1. The van der Waals surface area contributed by atoms with Gasteiger partial charge in [-0.2, -0.15) is 0 Å². The zero-order chi connectivity index (χ0) is 16.6. The van der Waals surface area contributed by atoms with Gasteiger partial charge in [-0.15, -0.1) is 11.3 Å². The second-order valence-corrected chi connectivity index (χ2v) is 7.43. The Morgan fingerprint density at radius 3 is 2.83 bits per heavy atom. The largest absolute Gasteiger partial charge is 0.479 e. The van der Waals surface area contributed by atoms with Gasteiger partial charge in [0.2, 0.25) is 0 Å². The fraction of sp³-hybridized carbons (Fsp3) is 0.444. The molecule has 1 aromatic carbocycles. The first-order valence-corrected chi connectivity index (χ1v) is 8.88. The molecule has 0 spiro atoms. The second-order valence-electron chi connectivity index (χ2n) is 6.37. The van der Waals surface area contributed by atoms with Crippen LogP contribution in [-0.2, 0) is 4.79 Å². The van der Waals surface area contributed by atoms with E-state index in [1.54, 1.807) is 11.3 Å². The van der Waals surface area contributed by atoms with E-state index in [9.17, 15) is 4.79 Å². The maximum Gasteiger partial charge on any atom is 0.267 e. The smallest absolute Gasteiger partial charge is 0.267 e. The predicted octanol–water partition coefficient (Wildman–Crippen LogP) is 4.28. The Labute approximate surface area is 141 Å². The van der Waals surface area contributed by atoms with Crippen molar-refractivity contribution in [2.45, 2.75) is 40.2 Å². The number of hydrogen-bond donors (Lipinski definition) is 0. The summed E-state index contributed by atoms with van der Waals surface area (Å²) in [6.07, 6.45) is 0.541. The van der Waals surface area contributed by atoms with E-state index in [0.717, 1.165) is 40.7 Å². The maximum atomic E-state index is 12.5. The molecule has 1 unspecified atom stereocenters. The lowest BCUT2D eigenvalue weighted by molar-refractivity contribution is -0.125. The van der Waals surface area contributed by atoms with E-state index >= 15 is 0 Å². The van der Waals surface area contributed by atoms with Crippen molar-refractivity contribution in [2.75, 3.05) is 11.4 Å². The molecule has 0 fully saturated rings. The van der Waals surface area contributed by atoms with Crippen molar-refractivity contribution in [1.29, 1.82) is 0 Å². The Hall–Kier alpha value is -1.88. The third-order valence-electron chi connectivity index (χ3n) is 4.01. The first-order chi connectivity index (χ1) is 11.0. The zero-order valence-electron chi connectivity index (χ0n) is 14.0. The highest BCUT2D eigenvalue weighted by molar-refractivity contribution is 7.09. The van der Waals surface area contributed by atoms with Crippen LogP contribution in [0.4, 0.5) is 5.69 Å². The fourth-order valence-corrected chi connectivity index (χ4v) is 3.30. The number of ether oxygens (including phenoxy) is 1. The summed E-state index contributed by atoms with van der Waals surface area (Å²) < 4.78 is 5.77. The fourth-order valence-electron chi connectivity index (χ4n) is 2.68. The SMILES string of the molecule is Cc1nc(-c2ccc3c(c2)N(CCC(C)C)C(=O)C(C)O3)cs1. The third-order valence-corrected chi connectivity index (χ3v) is 4.79. The van der Waals surface area contributed by atoms with Crippen molar-refractivity contribution in [2.24, 2.45) is 5.92 Å². The monoisotopic (exact) mass is 330 g/mol. The number of fused-ring (bicyclic) bond motifs is 1. The van der Waals surface area contributed by atoms with E-state index in [4.69, 9.17) is 4.74 Å². The van der Waals surface area contributed by atoms with E-state index in [1.165, 1.54) is 0 Å². The number of aromatic nitrogens is 1. The number of amides is 1. The van der Waals surface area contributed by atoms with Crippen LogP contribution >= 0.6 is 11.3 Å². The van der Waals surface area contributed by atoms with Crippen molar-refractivity contribution in [3.05, 3.63) is 28.6 Å². The van der Waals surface area contributed by atoms with Crippen LogP contribution in [-0.4, -0.2) is 23.5 Å². The van der Waals surface area contributed by atoms with Gasteiger partial charge < -0.3 is 9.64 Å². The van der Waals surface area contributed by atoms with Gasteiger partial charge in [0, 0.05) is 17.5 Å². The van der Waals surface area contributed by atoms with E-state index in [0.29, 0.717) is 5.92 Å². The van der Waals surface area contributed by atoms with Gasteiger partial charge in [-0.1, -0.05) is 13.8 Å². The van der Waals surface area contributed by atoms with E-state index in [1.807, 2.05) is 42.3 Å². The molecular formula is C18H22N2O2S. The minimum Gasteiger partial charge on any atom is -0.479 e. The van der Waals surface area contributed by atoms with Crippen molar-refractivity contribution < 1.29 is 9.53 Å². The van der Waals surface area contributed by atoms with E-state index < -0.39 is 6.10 Å². The Morgan fingerprint density at radius 2 is 2.17 bits per heavy atom. The number of benzene rings is 1. The quantitative estimate of drug-likeness (QED) is 0.840. The van der Waals surface area contributed by atoms with Crippen molar-refractivity contribution in [1.82, 2.24) is 4.98 Å². The van der Waals surface area contributed by atoms with E-state index in [-0.39, 0.29) is 5.91 Å². The molecule has 4 nitrogen and oxygen atoms in total. The normalized spacial score (nSPS) is 17.3. The highest BCUT2D eigenvalue weighted by Gasteiger charge is 2.31. The van der Waals surface area contributed by atoms with Crippen LogP contribution in [0.15, 0.2) is 23.6 Å². The summed E-state index contributed by atoms with van der Waals surface area (Å²) in [5.41, 5.74) is 2.83. The number of carbonyl (C=O) groups is 1. The van der Waals surface area contributed by atoms with Crippen molar-refractivity contribution >= 4 is 22.9 Å². The molecule has 122 valence electrons. The van der Waals surface area contributed by atoms with Crippen molar-refractivity contribution in [3.8, 4) is 17.0 Å². The molecule has 0 bridgehead atoms. The minimum absolute atomic E-state index is 0.0322. The molecule has 0 saturated carbocycles. The molecule has 2 heterocycles. The summed E-state index contributed by atoms with van der Waals surface area (Å²) in [5.74, 6) is 1.36. The molecule has 0 N–H and O–H groups in total. The Kier molecular flexibility index (Phi) is 4.39. The highest BCUT2D eigenvalue weighted by atomic mass is 32.1. The number of carbonyl (C=O) groups excluding carboxylic acids is 1. The molecule has 1 aliphatic heterocycles. The van der Waals surface area contributed by atoms with Gasteiger partial charge in [-0.25, -0.2) is 4.98 Å². The molecular weight excluding hydrogens is 308 g/mol. The lowest BCUT2D eigenvalue weighted by Gasteiger charge is -2.33. The molecule has 1 amide bonds. The maximum absolute atomic E-state index is 12.5. The standard InChI is InChI=1S/C18H22N2O2S/c1-11(2)7-8-20-16-9-14(15-10-23-13(4)19-15)5-6-17(16)22-12(3)18(20)21/h5-6,9-12H,7-8H2,1-4H3. The molecule has 3 rings (SSSR count). The van der Waals surface area contributed by atoms with Gasteiger partial charge in [0.25, 0.3) is 5.91 Å². The predicted molar refractivity (Wildman–Crippen MR) is 94.2 cm³/mol. The van der Waals surface area contributed by atoms with Gasteiger partial charge in [-0.3, -0.25) is 4.79 Å². The molecule has 2 aromatic rings. The van der Waals surface area contributed by atoms with Gasteiger partial charge in [0.05, 0.1) is 16.4 Å². The molecule has 23 heavy (non-hydrogen) atoms. The van der Waals surface area contributed by atoms with Crippen LogP contribution in [0.3, 0.4) is 0 Å². The first kappa shape index (κ1) is 16.0. The molecule has 1 aromatic heterocycles. The number of hydrogen-bond acceptors (Lipinski definition) is 4. The molecule has 0 radical (unpaired) electrons. The molecule has 1 aliphatic rings. The number of rotatable bonds is 4. The summed E-state index contributed by atoms with van der Waals surface area (Å²) in [4.78, 5) is 18.9. The van der Waals surface area contributed by atoms with Crippen LogP contribution in [0.5, 0.6) is 5.75 Å². The summed E-state index contributed by atoms with van der Waals surface area (Å²) >= 11 is 1.63. The minimum atomic E-state index is -0.429. The van der Waals surface area contributed by atoms with Gasteiger partial charge in [0.1, 0.15) is 5.75 Å². The van der Waals surface area contributed by atoms with Crippen LogP contribution in [0, 0.1) is 12.8 Å². The Bertz CT molecular complexity index is 724. The van der Waals surface area contributed by atoms with Gasteiger partial charge in [-0.05, 0) is 44.4 Å². The zero-order valence-corrected chi connectivity index (χ0v) is 14.8. The molecule has 5 heteroatoms. The summed E-state index contributed by atoms with van der Waals surface area (Å²) in [5, 5.41) is 3.08. The highest BCUT2D eigenvalue weighted by Crippen LogP contribution is 2.38. The Morgan fingerprint density at radius 1 is 1.39 bits per heavy atom. The van der Waals surface area contributed by atoms with E-state index in [2.05, 4.69) is 18.8 Å². The van der Waals surface area contributed by atoms with Crippen molar-refractivity contribution in [3.63, 3.8) is 0 Å². The third kappa shape index (κ3) is 3.24. The number of nitrogens with zero attached hydrogens (tertiary/aromatic N) is 2.